The number of nitrogens with one attached hydrogen (secondary N) is 1. The van der Waals surface area contributed by atoms with Crippen LogP contribution in [0.5, 0.6) is 11.8 Å². The molecule has 2 aromatic carbocycles. The Labute approximate surface area is 201 Å². The van der Waals surface area contributed by atoms with E-state index in [-0.39, 0.29) is 17.9 Å². The van der Waals surface area contributed by atoms with Crippen molar-refractivity contribution in [1.82, 2.24) is 24.8 Å². The molecule has 1 fully saturated rings. The highest BCUT2D eigenvalue weighted by atomic mass is 19.1. The van der Waals surface area contributed by atoms with E-state index in [2.05, 4.69) is 19.9 Å². The van der Waals surface area contributed by atoms with Gasteiger partial charge in [0, 0.05) is 17.8 Å². The number of methoxy groups -OCH3 is 1. The number of nitrogens with zero attached hydrogens (tertiary/aromatic N) is 4. The molecule has 0 bridgehead atoms. The predicted molar refractivity (Wildman–Crippen MR) is 128 cm³/mol. The number of rotatable bonds is 6. The fourth-order valence-corrected chi connectivity index (χ4v) is 4.20. The van der Waals surface area contributed by atoms with E-state index in [0.717, 1.165) is 42.9 Å². The zero-order chi connectivity index (χ0) is 24.2. The van der Waals surface area contributed by atoms with Crippen LogP contribution in [0.2, 0.25) is 0 Å². The highest BCUT2D eigenvalue weighted by molar-refractivity contribution is 5.89. The molecule has 1 aliphatic rings. The van der Waals surface area contributed by atoms with Gasteiger partial charge in [-0.2, -0.15) is 4.98 Å². The summed E-state index contributed by atoms with van der Waals surface area (Å²) in [5.74, 6) is -0.237. The molecule has 9 heteroatoms. The SMILES string of the molecule is COC(=O)c1ccc(Oc2nccc(-c3c(-c4ccc(F)cc4)ncn3C3CCNCC3)n2)cc1. The van der Waals surface area contributed by atoms with Gasteiger partial charge in [-0.1, -0.05) is 0 Å². The number of carbonyl (C=O) groups is 1. The Hall–Kier alpha value is -4.11. The second-order valence-corrected chi connectivity index (χ2v) is 8.18. The zero-order valence-corrected chi connectivity index (χ0v) is 19.1. The Kier molecular flexibility index (Phi) is 6.49. The van der Waals surface area contributed by atoms with Crippen molar-refractivity contribution in [3.05, 3.63) is 78.5 Å². The van der Waals surface area contributed by atoms with Gasteiger partial charge in [-0.05, 0) is 80.5 Å². The lowest BCUT2D eigenvalue weighted by Gasteiger charge is -2.25. The molecule has 0 aliphatic carbocycles. The standard InChI is InChI=1S/C26H24FN5O3/c1-34-25(33)18-4-8-21(9-5-18)35-26-29-15-12-22(31-26)24-23(17-2-6-19(27)7-3-17)30-16-32(24)20-10-13-28-14-11-20/h2-9,12,15-16,20,28H,10-11,13-14H2,1H3. The van der Waals surface area contributed by atoms with Crippen LogP contribution in [0, 0.1) is 5.82 Å². The number of benzene rings is 2. The van der Waals surface area contributed by atoms with E-state index in [0.29, 0.717) is 17.0 Å². The van der Waals surface area contributed by atoms with Crippen LogP contribution in [0.15, 0.2) is 67.1 Å². The summed E-state index contributed by atoms with van der Waals surface area (Å²) in [7, 11) is 1.33. The van der Waals surface area contributed by atoms with Gasteiger partial charge in [-0.25, -0.2) is 19.2 Å². The maximum absolute atomic E-state index is 13.6. The van der Waals surface area contributed by atoms with Crippen LogP contribution in [-0.4, -0.2) is 45.7 Å². The Morgan fingerprint density at radius 1 is 1.03 bits per heavy atom. The van der Waals surface area contributed by atoms with Gasteiger partial charge in [-0.15, -0.1) is 0 Å². The summed E-state index contributed by atoms with van der Waals surface area (Å²) in [6.45, 7) is 1.85. The summed E-state index contributed by atoms with van der Waals surface area (Å²) in [6.07, 6.45) is 5.40. The number of aromatic nitrogens is 4. The number of esters is 1. The van der Waals surface area contributed by atoms with Crippen LogP contribution in [0.1, 0.15) is 29.2 Å². The second-order valence-electron chi connectivity index (χ2n) is 8.18. The molecule has 8 nitrogen and oxygen atoms in total. The van der Waals surface area contributed by atoms with Crippen LogP contribution >= 0.6 is 0 Å². The Morgan fingerprint density at radius 2 is 1.77 bits per heavy atom. The molecular formula is C26H24FN5O3. The van der Waals surface area contributed by atoms with Crippen molar-refractivity contribution >= 4 is 5.97 Å². The van der Waals surface area contributed by atoms with Crippen molar-refractivity contribution in [3.8, 4) is 34.4 Å². The van der Waals surface area contributed by atoms with Crippen molar-refractivity contribution in [1.29, 1.82) is 0 Å². The molecule has 0 saturated carbocycles. The van der Waals surface area contributed by atoms with E-state index >= 15 is 0 Å². The van der Waals surface area contributed by atoms with E-state index in [9.17, 15) is 9.18 Å². The molecule has 1 aliphatic heterocycles. The van der Waals surface area contributed by atoms with Gasteiger partial charge in [0.05, 0.1) is 36.1 Å². The number of imidazole rings is 1. The quantitative estimate of drug-likeness (QED) is 0.408. The molecule has 0 unspecified atom stereocenters. The van der Waals surface area contributed by atoms with Gasteiger partial charge in [-0.3, -0.25) is 0 Å². The van der Waals surface area contributed by atoms with Crippen molar-refractivity contribution in [2.75, 3.05) is 20.2 Å². The molecule has 2 aromatic heterocycles. The highest BCUT2D eigenvalue weighted by Crippen LogP contribution is 2.35. The number of hydrogen-bond donors (Lipinski definition) is 1. The zero-order valence-electron chi connectivity index (χ0n) is 19.1. The number of piperidine rings is 1. The molecule has 178 valence electrons. The normalized spacial score (nSPS) is 14.0. The maximum Gasteiger partial charge on any atom is 0.337 e. The molecule has 3 heterocycles. The first-order valence-electron chi connectivity index (χ1n) is 11.4. The summed E-state index contributed by atoms with van der Waals surface area (Å²) >= 11 is 0. The van der Waals surface area contributed by atoms with Gasteiger partial charge < -0.3 is 19.4 Å². The van der Waals surface area contributed by atoms with Gasteiger partial charge in [0.25, 0.3) is 0 Å². The topological polar surface area (TPSA) is 91.2 Å². The Morgan fingerprint density at radius 3 is 2.49 bits per heavy atom. The average molecular weight is 474 g/mol. The third kappa shape index (κ3) is 4.90. The highest BCUT2D eigenvalue weighted by Gasteiger charge is 2.23. The van der Waals surface area contributed by atoms with Gasteiger partial charge in [0.2, 0.25) is 0 Å². The van der Waals surface area contributed by atoms with Crippen LogP contribution < -0.4 is 10.1 Å². The summed E-state index contributed by atoms with van der Waals surface area (Å²) in [4.78, 5) is 25.3. The lowest BCUT2D eigenvalue weighted by atomic mass is 10.0. The van der Waals surface area contributed by atoms with Gasteiger partial charge in [0.1, 0.15) is 11.6 Å². The molecule has 0 radical (unpaired) electrons. The summed E-state index contributed by atoms with van der Waals surface area (Å²) in [5, 5.41) is 3.39. The van der Waals surface area contributed by atoms with Crippen LogP contribution in [0.4, 0.5) is 4.39 Å². The van der Waals surface area contributed by atoms with Gasteiger partial charge in [0.15, 0.2) is 0 Å². The largest absolute Gasteiger partial charge is 0.465 e. The molecule has 0 amide bonds. The Bertz CT molecular complexity index is 1320. The fraction of sp³-hybridized carbons (Fsp3) is 0.231. The van der Waals surface area contributed by atoms with E-state index in [1.54, 1.807) is 42.6 Å². The van der Waals surface area contributed by atoms with E-state index in [4.69, 9.17) is 14.5 Å². The fourth-order valence-electron chi connectivity index (χ4n) is 4.20. The van der Waals surface area contributed by atoms with Crippen LogP contribution in [0.3, 0.4) is 0 Å². The maximum atomic E-state index is 13.6. The average Bonchev–Trinajstić information content (AvgIpc) is 3.35. The second kappa shape index (κ2) is 10.0. The lowest BCUT2D eigenvalue weighted by molar-refractivity contribution is 0.0600. The van der Waals surface area contributed by atoms with Crippen molar-refractivity contribution in [2.45, 2.75) is 18.9 Å². The first-order valence-corrected chi connectivity index (χ1v) is 11.4. The minimum atomic E-state index is -0.422. The van der Waals surface area contributed by atoms with Crippen LogP contribution in [-0.2, 0) is 4.74 Å². The number of carbonyl (C=O) groups excluding carboxylic acids is 1. The molecule has 0 atom stereocenters. The summed E-state index contributed by atoms with van der Waals surface area (Å²) < 4.78 is 26.3. The van der Waals surface area contributed by atoms with E-state index in [1.165, 1.54) is 19.2 Å². The molecule has 5 rings (SSSR count). The first-order chi connectivity index (χ1) is 17.1. The summed E-state index contributed by atoms with van der Waals surface area (Å²) in [6, 6.07) is 15.1. The smallest absolute Gasteiger partial charge is 0.337 e. The number of ether oxygens (including phenoxy) is 2. The molecular weight excluding hydrogens is 449 g/mol. The predicted octanol–water partition coefficient (Wildman–Crippen LogP) is 4.65. The molecule has 0 spiro atoms. The van der Waals surface area contributed by atoms with E-state index < -0.39 is 5.97 Å². The molecule has 4 aromatic rings. The van der Waals surface area contributed by atoms with Gasteiger partial charge >= 0.3 is 12.0 Å². The van der Waals surface area contributed by atoms with Crippen molar-refractivity contribution in [3.63, 3.8) is 0 Å². The van der Waals surface area contributed by atoms with Crippen LogP contribution in [0.25, 0.3) is 22.6 Å². The number of hydrogen-bond acceptors (Lipinski definition) is 7. The molecule has 1 N–H and O–H groups in total. The number of halogens is 1. The first kappa shape index (κ1) is 22.7. The minimum absolute atomic E-state index is 0.163. The molecule has 35 heavy (non-hydrogen) atoms. The third-order valence-electron chi connectivity index (χ3n) is 5.97. The van der Waals surface area contributed by atoms with E-state index in [1.807, 2.05) is 12.4 Å². The molecule has 1 saturated heterocycles. The minimum Gasteiger partial charge on any atom is -0.465 e. The third-order valence-corrected chi connectivity index (χ3v) is 5.97. The Balaban J connectivity index is 1.51. The lowest BCUT2D eigenvalue weighted by Crippen LogP contribution is -2.29. The monoisotopic (exact) mass is 473 g/mol. The summed E-state index contributed by atoms with van der Waals surface area (Å²) in [5.41, 5.74) is 3.42. The van der Waals surface area contributed by atoms with Crippen molar-refractivity contribution < 1.29 is 18.7 Å². The van der Waals surface area contributed by atoms with Crippen molar-refractivity contribution in [2.24, 2.45) is 0 Å².